The van der Waals surface area contributed by atoms with Gasteiger partial charge in [0.1, 0.15) is 10.8 Å². The van der Waals surface area contributed by atoms with Gasteiger partial charge in [-0.2, -0.15) is 0 Å². The van der Waals surface area contributed by atoms with Crippen molar-refractivity contribution in [2.24, 2.45) is 0 Å². The Morgan fingerprint density at radius 3 is 2.36 bits per heavy atom. The molecule has 0 fully saturated rings. The van der Waals surface area contributed by atoms with Crippen molar-refractivity contribution >= 4 is 41.3 Å². The van der Waals surface area contributed by atoms with Crippen LogP contribution >= 0.6 is 23.2 Å². The highest BCUT2D eigenvalue weighted by Gasteiger charge is 2.31. The maximum absolute atomic E-state index is 12.6. The Morgan fingerprint density at radius 2 is 1.73 bits per heavy atom. The quantitative estimate of drug-likeness (QED) is 0.424. The van der Waals surface area contributed by atoms with Crippen LogP contribution in [0.4, 0.5) is 13.2 Å². The monoisotopic (exact) mass is 497 g/mol. The van der Waals surface area contributed by atoms with Gasteiger partial charge >= 0.3 is 12.3 Å². The van der Waals surface area contributed by atoms with E-state index >= 15 is 0 Å². The second-order valence-corrected chi connectivity index (χ2v) is 7.70. The smallest absolute Gasteiger partial charge is 0.478 e. The Kier molecular flexibility index (Phi) is 7.50. The van der Waals surface area contributed by atoms with Crippen molar-refractivity contribution in [1.29, 1.82) is 0 Å². The standard InChI is InChI=1S/C23H16Cl2F3NO4/c24-18-13-19(25)21(30)29(11-10-14-4-7-16(8-5-14)22(31)32)20(18)9-6-15-2-1-3-17(12-15)33-23(26,27)28/h1-9,12-13H,10-11H2,(H,31,32)/b9-6+. The second-order valence-electron chi connectivity index (χ2n) is 6.89. The SMILES string of the molecule is O=C(O)c1ccc(CCn2c(/C=C/c3cccc(OC(F)(F)F)c3)c(Cl)cc(Cl)c2=O)cc1. The minimum absolute atomic E-state index is 0.0843. The highest BCUT2D eigenvalue weighted by molar-refractivity contribution is 6.35. The van der Waals surface area contributed by atoms with Crippen molar-refractivity contribution < 1.29 is 27.8 Å². The molecule has 10 heteroatoms. The molecule has 1 N–H and O–H groups in total. The number of carboxylic acid groups (broad SMARTS) is 1. The average Bonchev–Trinajstić information content (AvgIpc) is 2.74. The number of aryl methyl sites for hydroxylation is 1. The van der Waals surface area contributed by atoms with Gasteiger partial charge in [-0.1, -0.05) is 53.5 Å². The highest BCUT2D eigenvalue weighted by Crippen LogP contribution is 2.25. The molecule has 3 aromatic rings. The van der Waals surface area contributed by atoms with E-state index in [1.165, 1.54) is 53.1 Å². The third kappa shape index (κ3) is 6.63. The summed E-state index contributed by atoms with van der Waals surface area (Å²) in [6, 6.07) is 12.8. The molecule has 0 aliphatic rings. The number of rotatable bonds is 7. The molecule has 0 saturated carbocycles. The fourth-order valence-corrected chi connectivity index (χ4v) is 3.59. The van der Waals surface area contributed by atoms with Gasteiger partial charge in [-0.25, -0.2) is 4.79 Å². The lowest BCUT2D eigenvalue weighted by molar-refractivity contribution is -0.274. The summed E-state index contributed by atoms with van der Waals surface area (Å²) < 4.78 is 42.7. The van der Waals surface area contributed by atoms with Crippen LogP contribution in [0.1, 0.15) is 27.2 Å². The summed E-state index contributed by atoms with van der Waals surface area (Å²) in [6.07, 6.45) is -1.44. The van der Waals surface area contributed by atoms with Crippen LogP contribution in [-0.2, 0) is 13.0 Å². The Morgan fingerprint density at radius 1 is 1.03 bits per heavy atom. The zero-order valence-corrected chi connectivity index (χ0v) is 18.3. The Hall–Kier alpha value is -3.23. The van der Waals surface area contributed by atoms with Crippen molar-refractivity contribution in [2.45, 2.75) is 19.3 Å². The molecule has 3 rings (SSSR count). The fourth-order valence-electron chi connectivity index (χ4n) is 3.05. The Labute approximate surface area is 196 Å². The number of benzene rings is 2. The summed E-state index contributed by atoms with van der Waals surface area (Å²) in [5.41, 5.74) is 1.15. The van der Waals surface area contributed by atoms with E-state index in [2.05, 4.69) is 4.74 Å². The maximum atomic E-state index is 12.6. The minimum Gasteiger partial charge on any atom is -0.478 e. The van der Waals surface area contributed by atoms with Crippen LogP contribution in [0, 0.1) is 0 Å². The van der Waals surface area contributed by atoms with Gasteiger partial charge in [-0.05, 0) is 54.0 Å². The van der Waals surface area contributed by atoms with E-state index in [0.717, 1.165) is 5.56 Å². The first-order valence-corrected chi connectivity index (χ1v) is 10.2. The van der Waals surface area contributed by atoms with E-state index in [0.29, 0.717) is 17.7 Å². The molecule has 0 radical (unpaired) electrons. The molecular formula is C23H16Cl2F3NO4. The Balaban J connectivity index is 1.88. The number of aromatic nitrogens is 1. The molecule has 1 heterocycles. The topological polar surface area (TPSA) is 68.5 Å². The molecule has 0 saturated heterocycles. The normalized spacial score (nSPS) is 11.7. The van der Waals surface area contributed by atoms with Crippen molar-refractivity contribution in [2.75, 3.05) is 0 Å². The molecule has 0 atom stereocenters. The first kappa shape index (κ1) is 24.4. The summed E-state index contributed by atoms with van der Waals surface area (Å²) in [7, 11) is 0. The van der Waals surface area contributed by atoms with Gasteiger partial charge in [-0.15, -0.1) is 13.2 Å². The number of hydrogen-bond donors (Lipinski definition) is 1. The summed E-state index contributed by atoms with van der Waals surface area (Å²) in [4.78, 5) is 23.6. The second kappa shape index (κ2) is 10.1. The van der Waals surface area contributed by atoms with Gasteiger partial charge in [0.05, 0.1) is 16.3 Å². The molecule has 2 aromatic carbocycles. The summed E-state index contributed by atoms with van der Waals surface area (Å²) in [5.74, 6) is -1.43. The average molecular weight is 498 g/mol. The number of hydrogen-bond acceptors (Lipinski definition) is 3. The van der Waals surface area contributed by atoms with Crippen LogP contribution in [0.3, 0.4) is 0 Å². The zero-order chi connectivity index (χ0) is 24.2. The molecule has 33 heavy (non-hydrogen) atoms. The van der Waals surface area contributed by atoms with Gasteiger partial charge in [0.25, 0.3) is 5.56 Å². The van der Waals surface area contributed by atoms with E-state index in [1.54, 1.807) is 18.2 Å². The van der Waals surface area contributed by atoms with E-state index < -0.39 is 17.9 Å². The molecule has 0 amide bonds. The van der Waals surface area contributed by atoms with Crippen LogP contribution in [0.2, 0.25) is 10.0 Å². The van der Waals surface area contributed by atoms with Gasteiger partial charge in [0.15, 0.2) is 0 Å². The molecule has 0 spiro atoms. The summed E-state index contributed by atoms with van der Waals surface area (Å²) in [6.45, 7) is 0.183. The van der Waals surface area contributed by atoms with Crippen molar-refractivity contribution in [1.82, 2.24) is 4.57 Å². The zero-order valence-electron chi connectivity index (χ0n) is 16.8. The highest BCUT2D eigenvalue weighted by atomic mass is 35.5. The van der Waals surface area contributed by atoms with Crippen LogP contribution in [-0.4, -0.2) is 22.0 Å². The number of aromatic carboxylic acids is 1. The van der Waals surface area contributed by atoms with Crippen molar-refractivity contribution in [3.63, 3.8) is 0 Å². The van der Waals surface area contributed by atoms with Crippen LogP contribution in [0.25, 0.3) is 12.2 Å². The summed E-state index contributed by atoms with van der Waals surface area (Å²) >= 11 is 12.3. The van der Waals surface area contributed by atoms with Gasteiger partial charge in [-0.3, -0.25) is 4.79 Å². The first-order valence-electron chi connectivity index (χ1n) is 9.48. The molecule has 1 aromatic heterocycles. The fraction of sp³-hybridized carbons (Fsp3) is 0.130. The van der Waals surface area contributed by atoms with E-state index in [4.69, 9.17) is 28.3 Å². The molecule has 0 unspecified atom stereocenters. The lowest BCUT2D eigenvalue weighted by atomic mass is 10.1. The molecule has 5 nitrogen and oxygen atoms in total. The number of pyridine rings is 1. The molecule has 0 aliphatic carbocycles. The number of halogens is 5. The van der Waals surface area contributed by atoms with E-state index in [-0.39, 0.29) is 27.9 Å². The molecule has 172 valence electrons. The van der Waals surface area contributed by atoms with E-state index in [9.17, 15) is 22.8 Å². The first-order chi connectivity index (χ1) is 15.5. The largest absolute Gasteiger partial charge is 0.573 e. The molecule has 0 bridgehead atoms. The predicted molar refractivity (Wildman–Crippen MR) is 120 cm³/mol. The van der Waals surface area contributed by atoms with Crippen LogP contribution in [0.15, 0.2) is 59.4 Å². The number of carboxylic acids is 1. The van der Waals surface area contributed by atoms with Crippen LogP contribution in [0.5, 0.6) is 5.75 Å². The lowest BCUT2D eigenvalue weighted by Gasteiger charge is -2.13. The van der Waals surface area contributed by atoms with Gasteiger partial charge < -0.3 is 14.4 Å². The molecular weight excluding hydrogens is 482 g/mol. The third-order valence-electron chi connectivity index (χ3n) is 4.59. The maximum Gasteiger partial charge on any atom is 0.573 e. The number of ether oxygens (including phenoxy) is 1. The number of nitrogens with zero attached hydrogens (tertiary/aromatic N) is 1. The lowest BCUT2D eigenvalue weighted by Crippen LogP contribution is -2.24. The Bertz CT molecular complexity index is 1250. The van der Waals surface area contributed by atoms with Gasteiger partial charge in [0.2, 0.25) is 0 Å². The minimum atomic E-state index is -4.81. The number of alkyl halides is 3. The van der Waals surface area contributed by atoms with Crippen molar-refractivity contribution in [3.8, 4) is 5.75 Å². The third-order valence-corrected chi connectivity index (χ3v) is 5.16. The van der Waals surface area contributed by atoms with Crippen molar-refractivity contribution in [3.05, 3.63) is 97.4 Å². The summed E-state index contributed by atoms with van der Waals surface area (Å²) in [5, 5.41) is 9.09. The number of carbonyl (C=O) groups is 1. The van der Waals surface area contributed by atoms with Gasteiger partial charge in [0, 0.05) is 6.54 Å². The predicted octanol–water partition coefficient (Wildman–Crippen LogP) is 6.17. The van der Waals surface area contributed by atoms with Crippen LogP contribution < -0.4 is 10.3 Å². The van der Waals surface area contributed by atoms with E-state index in [1.807, 2.05) is 0 Å². The molecule has 0 aliphatic heterocycles.